The van der Waals surface area contributed by atoms with Crippen LogP contribution in [0.5, 0.6) is 11.6 Å². The lowest BCUT2D eigenvalue weighted by Gasteiger charge is -2.33. The molecule has 2 aliphatic heterocycles. The third-order valence-electron chi connectivity index (χ3n) is 14.6. The van der Waals surface area contributed by atoms with E-state index in [4.69, 9.17) is 19.2 Å². The van der Waals surface area contributed by atoms with Gasteiger partial charge in [0.05, 0.1) is 47.9 Å². The van der Waals surface area contributed by atoms with Gasteiger partial charge in [0, 0.05) is 23.8 Å². The Balaban J connectivity index is 1.27. The molecule has 2 amide bonds. The van der Waals surface area contributed by atoms with Gasteiger partial charge in [-0.3, -0.25) is 23.9 Å². The molecule has 7 atom stereocenters. The van der Waals surface area contributed by atoms with Crippen LogP contribution in [0.25, 0.3) is 22.0 Å². The first-order valence-corrected chi connectivity index (χ1v) is 24.8. The molecule has 3 fully saturated rings. The predicted molar refractivity (Wildman–Crippen MR) is 247 cm³/mol. The molecule has 0 unspecified atom stereocenters. The lowest BCUT2D eigenvalue weighted by molar-refractivity contribution is -0.257. The Hall–Kier alpha value is -4.99. The number of ketones is 1. The van der Waals surface area contributed by atoms with E-state index in [0.717, 1.165) is 30.4 Å². The van der Waals surface area contributed by atoms with E-state index in [1.54, 1.807) is 33.1 Å². The number of carbonyl (C=O) groups is 4. The summed E-state index contributed by atoms with van der Waals surface area (Å²) >= 11 is 0. The Morgan fingerprint density at radius 1 is 0.970 bits per heavy atom. The molecule has 1 aromatic heterocycles. The second-order valence-electron chi connectivity index (χ2n) is 21.3. The van der Waals surface area contributed by atoms with Crippen LogP contribution >= 0.6 is 0 Å². The van der Waals surface area contributed by atoms with E-state index in [2.05, 4.69) is 25.5 Å². The van der Waals surface area contributed by atoms with Crippen molar-refractivity contribution in [2.24, 2.45) is 29.1 Å². The van der Waals surface area contributed by atoms with Crippen LogP contribution in [0.15, 0.2) is 60.7 Å². The van der Waals surface area contributed by atoms with Crippen LogP contribution in [0.2, 0.25) is 0 Å². The van der Waals surface area contributed by atoms with Gasteiger partial charge in [0.1, 0.15) is 11.9 Å². The topological polar surface area (TPSA) is 158 Å². The molecule has 2 aliphatic carbocycles. The summed E-state index contributed by atoms with van der Waals surface area (Å²) in [7, 11) is -2.50. The highest BCUT2D eigenvalue weighted by Crippen LogP contribution is 2.58. The van der Waals surface area contributed by atoms with E-state index < -0.39 is 91.8 Å². The number of rotatable bonds is 10. The number of hydrogen-bond donors (Lipinski definition) is 1. The smallest absolute Gasteiger partial charge is 0.427 e. The number of pyridine rings is 1. The highest BCUT2D eigenvalue weighted by Gasteiger charge is 2.63. The number of allylic oxidation sites excluding steroid dienone is 2. The quantitative estimate of drug-likeness (QED) is 0.153. The summed E-state index contributed by atoms with van der Waals surface area (Å²) in [6, 6.07) is 14.2. The number of ether oxygens (including phenoxy) is 3. The van der Waals surface area contributed by atoms with Gasteiger partial charge in [-0.15, -0.1) is 0 Å². The van der Waals surface area contributed by atoms with Crippen LogP contribution in [-0.4, -0.2) is 84.2 Å². The Labute approximate surface area is 391 Å². The molecule has 1 saturated heterocycles. The molecule has 4 aliphatic rings. The summed E-state index contributed by atoms with van der Waals surface area (Å²) in [4.78, 5) is 64.0. The maximum absolute atomic E-state index is 15.1. The zero-order valence-electron chi connectivity index (χ0n) is 39.9. The van der Waals surface area contributed by atoms with Gasteiger partial charge in [-0.25, -0.2) is 13.4 Å². The number of nitrogens with one attached hydrogen (secondary N) is 1. The molecule has 364 valence electrons. The lowest BCUT2D eigenvalue weighted by atomic mass is 9.82. The molecule has 3 heterocycles. The number of aromatic nitrogens is 1. The second kappa shape index (κ2) is 18.2. The predicted octanol–water partition coefficient (Wildman–Crippen LogP) is 9.42. The van der Waals surface area contributed by atoms with Crippen LogP contribution < -0.4 is 14.2 Å². The molecular weight excluding hydrogens is 888 g/mol. The van der Waals surface area contributed by atoms with Gasteiger partial charge in [0.25, 0.3) is 0 Å². The molecule has 0 spiro atoms. The number of fused-ring (bicyclic) bond motifs is 3. The molecule has 0 radical (unpaired) electrons. The highest BCUT2D eigenvalue weighted by atomic mass is 32.2. The van der Waals surface area contributed by atoms with E-state index in [1.165, 1.54) is 4.90 Å². The zero-order valence-corrected chi connectivity index (χ0v) is 40.7. The Morgan fingerprint density at radius 2 is 1.66 bits per heavy atom. The number of Topliss-reactive ketones (excluding diaryl/α,β-unsaturated/α-hetero) is 1. The number of esters is 1. The maximum Gasteiger partial charge on any atom is 0.427 e. The molecule has 12 nitrogen and oxygen atoms in total. The Kier molecular flexibility index (Phi) is 13.5. The number of methoxy groups -OCH3 is 1. The van der Waals surface area contributed by atoms with Gasteiger partial charge < -0.3 is 19.1 Å². The molecular formula is C51H64F3N3O9S. The van der Waals surface area contributed by atoms with Crippen molar-refractivity contribution in [3.63, 3.8) is 0 Å². The van der Waals surface area contributed by atoms with Gasteiger partial charge in [0.2, 0.25) is 33.3 Å². The van der Waals surface area contributed by atoms with Crippen LogP contribution in [-0.2, 0) is 39.4 Å². The minimum atomic E-state index is -4.88. The summed E-state index contributed by atoms with van der Waals surface area (Å²) in [6.07, 6.45) is -0.378. The fraction of sp³-hybridized carbons (Fsp3) is 0.588. The minimum absolute atomic E-state index is 0.00131. The SMILES string of the molecule is COc1ccc2c(O[C@@H]3C[C@H]4C(=O)C[C@]5(C(=O)NS(=O)(=O)C6(C)CC6)C[C@H]5/C=C\CC[C@@H](C)C[C@@H](C)[C@H](CC(=O)OC(C)(C)C(F)(F)F)C(=O)N4C3)nc(-c3ccc(C(C)(C)C)cc3)cc2c1. The molecule has 3 aromatic rings. The Morgan fingerprint density at radius 3 is 2.28 bits per heavy atom. The summed E-state index contributed by atoms with van der Waals surface area (Å²) in [5, 5.41) is 1.38. The van der Waals surface area contributed by atoms with Crippen molar-refractivity contribution in [2.75, 3.05) is 13.7 Å². The number of carbonyl (C=O) groups excluding carboxylic acids is 4. The standard InChI is InChI=1S/C51H64F3N3O9S/c1-30-12-10-11-13-35-27-50(35,46(61)56-67(62,63)49(8)20-21-49)28-42(58)41-25-37(29-57(41)45(60)39(31(2)22-30)26-43(59)66-48(6,7)51(52,53)54)65-44-38-19-18-36(64-9)23-33(38)24-40(55-44)32-14-16-34(17-15-32)47(3,4)5/h11,13-19,23-24,30-31,35,37,39,41H,10,12,20-22,25-29H2,1-9H3,(H,56,61)/b13-11-/t30-,31-,35-,37-,39+,41+,50-/m1/s1. The van der Waals surface area contributed by atoms with Gasteiger partial charge >= 0.3 is 12.1 Å². The van der Waals surface area contributed by atoms with Crippen LogP contribution in [0.1, 0.15) is 119 Å². The van der Waals surface area contributed by atoms with Crippen LogP contribution in [0, 0.1) is 29.1 Å². The molecule has 0 bridgehead atoms. The monoisotopic (exact) mass is 951 g/mol. The van der Waals surface area contributed by atoms with Gasteiger partial charge in [-0.05, 0) is 118 Å². The number of alkyl halides is 3. The van der Waals surface area contributed by atoms with Gasteiger partial charge in [-0.1, -0.05) is 71.0 Å². The normalized spacial score (nSPS) is 27.5. The zero-order chi connectivity index (χ0) is 49.1. The summed E-state index contributed by atoms with van der Waals surface area (Å²) in [6.45, 7) is 13.0. The average molecular weight is 952 g/mol. The van der Waals surface area contributed by atoms with Crippen molar-refractivity contribution in [1.82, 2.24) is 14.6 Å². The number of amides is 2. The number of benzene rings is 2. The summed E-state index contributed by atoms with van der Waals surface area (Å²) in [5.41, 5.74) is -1.79. The first-order chi connectivity index (χ1) is 31.2. The van der Waals surface area contributed by atoms with E-state index in [-0.39, 0.29) is 43.0 Å². The van der Waals surface area contributed by atoms with E-state index in [0.29, 0.717) is 48.9 Å². The van der Waals surface area contributed by atoms with Crippen molar-refractivity contribution < 1.29 is 55.0 Å². The minimum Gasteiger partial charge on any atom is -0.497 e. The highest BCUT2D eigenvalue weighted by molar-refractivity contribution is 7.91. The maximum atomic E-state index is 15.1. The number of hydrogen-bond acceptors (Lipinski definition) is 10. The van der Waals surface area contributed by atoms with E-state index in [1.807, 2.05) is 55.5 Å². The Bertz CT molecular complexity index is 2550. The fourth-order valence-electron chi connectivity index (χ4n) is 9.52. The van der Waals surface area contributed by atoms with Crippen molar-refractivity contribution in [3.8, 4) is 22.9 Å². The molecule has 7 rings (SSSR count). The van der Waals surface area contributed by atoms with Gasteiger partial charge in [-0.2, -0.15) is 13.2 Å². The fourth-order valence-corrected chi connectivity index (χ4v) is 10.8. The number of halogens is 3. The molecule has 2 saturated carbocycles. The first kappa shape index (κ1) is 49.9. The van der Waals surface area contributed by atoms with Crippen molar-refractivity contribution in [2.45, 2.75) is 147 Å². The summed E-state index contributed by atoms with van der Waals surface area (Å²) < 4.78 is 87.0. The summed E-state index contributed by atoms with van der Waals surface area (Å²) in [5.74, 6) is -4.47. The third kappa shape index (κ3) is 10.5. The van der Waals surface area contributed by atoms with Crippen molar-refractivity contribution in [3.05, 3.63) is 66.2 Å². The molecule has 67 heavy (non-hydrogen) atoms. The lowest BCUT2D eigenvalue weighted by Crippen LogP contribution is -2.48. The van der Waals surface area contributed by atoms with Gasteiger partial charge in [0.15, 0.2) is 5.78 Å². The van der Waals surface area contributed by atoms with E-state index in [9.17, 15) is 36.0 Å². The van der Waals surface area contributed by atoms with Crippen molar-refractivity contribution >= 4 is 44.4 Å². The van der Waals surface area contributed by atoms with Crippen molar-refractivity contribution in [1.29, 1.82) is 0 Å². The number of nitrogens with zero attached hydrogens (tertiary/aromatic N) is 2. The molecule has 16 heteroatoms. The largest absolute Gasteiger partial charge is 0.497 e. The van der Waals surface area contributed by atoms with E-state index >= 15 is 4.79 Å². The third-order valence-corrected chi connectivity index (χ3v) is 16.7. The second-order valence-corrected chi connectivity index (χ2v) is 23.5. The first-order valence-electron chi connectivity index (χ1n) is 23.3. The van der Waals surface area contributed by atoms with Crippen LogP contribution in [0.4, 0.5) is 13.2 Å². The average Bonchev–Trinajstić information content (AvgIpc) is 4.13. The van der Waals surface area contributed by atoms with Crippen LogP contribution in [0.3, 0.4) is 0 Å². The molecule has 2 aromatic carbocycles. The number of sulfonamides is 1. The molecule has 1 N–H and O–H groups in total.